The molecule has 0 saturated carbocycles. The molecule has 0 aliphatic carbocycles. The summed E-state index contributed by atoms with van der Waals surface area (Å²) in [6, 6.07) is 8.28. The highest BCUT2D eigenvalue weighted by atomic mass is 14.7. The van der Waals surface area contributed by atoms with E-state index in [0.29, 0.717) is 0 Å². The smallest absolute Gasteiger partial charge is 0.0346 e. The van der Waals surface area contributed by atoms with Crippen LogP contribution in [0.1, 0.15) is 19.4 Å². The average Bonchev–Trinajstić information content (AvgIpc) is 2.16. The third kappa shape index (κ3) is 2.34. The van der Waals surface area contributed by atoms with Crippen molar-refractivity contribution in [1.29, 1.82) is 0 Å². The van der Waals surface area contributed by atoms with Crippen molar-refractivity contribution in [3.05, 3.63) is 42.2 Å². The van der Waals surface area contributed by atoms with Gasteiger partial charge in [-0.15, -0.1) is 0 Å². The summed E-state index contributed by atoms with van der Waals surface area (Å²) < 4.78 is 0. The molecule has 2 rings (SSSR count). The van der Waals surface area contributed by atoms with Crippen LogP contribution in [0.5, 0.6) is 0 Å². The lowest BCUT2D eigenvalue weighted by molar-refractivity contribution is 0.518. The molecule has 0 aliphatic rings. The zero-order chi connectivity index (χ0) is 10.9. The first-order valence-corrected chi connectivity index (χ1v) is 5.17. The lowest BCUT2D eigenvalue weighted by Crippen LogP contribution is -2.34. The van der Waals surface area contributed by atoms with Crippen LogP contribution in [0.3, 0.4) is 0 Å². The topological polar surface area (TPSA) is 38.9 Å². The van der Waals surface area contributed by atoms with E-state index >= 15 is 0 Å². The van der Waals surface area contributed by atoms with Gasteiger partial charge >= 0.3 is 0 Å². The quantitative estimate of drug-likeness (QED) is 0.809. The van der Waals surface area contributed by atoms with E-state index in [0.717, 1.165) is 6.42 Å². The van der Waals surface area contributed by atoms with Crippen molar-refractivity contribution in [2.45, 2.75) is 25.8 Å². The highest BCUT2D eigenvalue weighted by Crippen LogP contribution is 2.20. The van der Waals surface area contributed by atoms with E-state index in [2.05, 4.69) is 23.2 Å². The van der Waals surface area contributed by atoms with Gasteiger partial charge in [-0.3, -0.25) is 4.98 Å². The molecule has 1 aromatic heterocycles. The van der Waals surface area contributed by atoms with Crippen LogP contribution < -0.4 is 5.73 Å². The van der Waals surface area contributed by atoms with Crippen molar-refractivity contribution in [3.8, 4) is 0 Å². The van der Waals surface area contributed by atoms with Crippen LogP contribution in [0.25, 0.3) is 10.8 Å². The van der Waals surface area contributed by atoms with E-state index in [1.165, 1.54) is 16.3 Å². The Morgan fingerprint density at radius 3 is 2.67 bits per heavy atom. The van der Waals surface area contributed by atoms with Gasteiger partial charge in [0, 0.05) is 23.3 Å². The van der Waals surface area contributed by atoms with Gasteiger partial charge in [0.05, 0.1) is 0 Å². The zero-order valence-corrected chi connectivity index (χ0v) is 9.20. The van der Waals surface area contributed by atoms with Crippen molar-refractivity contribution in [3.63, 3.8) is 0 Å². The second-order valence-corrected chi connectivity index (χ2v) is 4.69. The van der Waals surface area contributed by atoms with Crippen LogP contribution in [0, 0.1) is 0 Å². The van der Waals surface area contributed by atoms with Crippen molar-refractivity contribution in [2.75, 3.05) is 0 Å². The van der Waals surface area contributed by atoms with Crippen LogP contribution in [-0.2, 0) is 6.42 Å². The number of aromatic nitrogens is 1. The largest absolute Gasteiger partial charge is 0.325 e. The Morgan fingerprint density at radius 1 is 1.20 bits per heavy atom. The Hall–Kier alpha value is -1.41. The van der Waals surface area contributed by atoms with Gasteiger partial charge in [-0.05, 0) is 31.2 Å². The molecule has 0 fully saturated rings. The lowest BCUT2D eigenvalue weighted by Gasteiger charge is -2.19. The van der Waals surface area contributed by atoms with E-state index < -0.39 is 0 Å². The fourth-order valence-electron chi connectivity index (χ4n) is 1.81. The van der Waals surface area contributed by atoms with Gasteiger partial charge in [0.15, 0.2) is 0 Å². The minimum atomic E-state index is -0.189. The van der Waals surface area contributed by atoms with Gasteiger partial charge in [-0.25, -0.2) is 0 Å². The Morgan fingerprint density at radius 2 is 1.93 bits per heavy atom. The molecule has 0 unspecified atom stereocenters. The number of benzene rings is 1. The Balaban J connectivity index is 2.52. The maximum Gasteiger partial charge on any atom is 0.0346 e. The molecule has 2 nitrogen and oxygen atoms in total. The summed E-state index contributed by atoms with van der Waals surface area (Å²) in [7, 11) is 0. The van der Waals surface area contributed by atoms with Gasteiger partial charge in [0.2, 0.25) is 0 Å². The van der Waals surface area contributed by atoms with E-state index in [1.807, 2.05) is 32.3 Å². The highest BCUT2D eigenvalue weighted by molar-refractivity contribution is 5.84. The molecule has 0 amide bonds. The molecule has 0 radical (unpaired) electrons. The number of hydrogen-bond acceptors (Lipinski definition) is 2. The van der Waals surface area contributed by atoms with Gasteiger partial charge in [-0.1, -0.05) is 24.3 Å². The van der Waals surface area contributed by atoms with Crippen LogP contribution in [-0.4, -0.2) is 10.5 Å². The van der Waals surface area contributed by atoms with E-state index in [9.17, 15) is 0 Å². The fraction of sp³-hybridized carbons (Fsp3) is 0.308. The summed E-state index contributed by atoms with van der Waals surface area (Å²) in [6.45, 7) is 4.07. The summed E-state index contributed by atoms with van der Waals surface area (Å²) in [6.07, 6.45) is 4.65. The maximum absolute atomic E-state index is 6.03. The number of nitrogens with zero attached hydrogens (tertiary/aromatic N) is 1. The molecule has 2 aromatic rings. The number of hydrogen-bond donors (Lipinski definition) is 1. The standard InChI is InChI=1S/C13H16N2/c1-13(2,14)7-11-9-15-8-10-5-3-4-6-12(10)11/h3-6,8-9H,7,14H2,1-2H3. The predicted molar refractivity (Wildman–Crippen MR) is 63.7 cm³/mol. The first-order valence-electron chi connectivity index (χ1n) is 5.17. The summed E-state index contributed by atoms with van der Waals surface area (Å²) >= 11 is 0. The first-order chi connectivity index (χ1) is 7.06. The SMILES string of the molecule is CC(C)(N)Cc1cncc2ccccc12. The van der Waals surface area contributed by atoms with Crippen molar-refractivity contribution < 1.29 is 0 Å². The van der Waals surface area contributed by atoms with E-state index in [-0.39, 0.29) is 5.54 Å². The van der Waals surface area contributed by atoms with Crippen molar-refractivity contribution in [2.24, 2.45) is 5.73 Å². The molecule has 2 heteroatoms. The van der Waals surface area contributed by atoms with Gasteiger partial charge in [-0.2, -0.15) is 0 Å². The van der Waals surface area contributed by atoms with Crippen LogP contribution in [0.15, 0.2) is 36.7 Å². The van der Waals surface area contributed by atoms with Gasteiger partial charge < -0.3 is 5.73 Å². The van der Waals surface area contributed by atoms with Crippen LogP contribution >= 0.6 is 0 Å². The molecule has 2 N–H and O–H groups in total. The molecular weight excluding hydrogens is 184 g/mol. The molecular formula is C13H16N2. The maximum atomic E-state index is 6.03. The fourth-order valence-corrected chi connectivity index (χ4v) is 1.81. The van der Waals surface area contributed by atoms with E-state index in [1.54, 1.807) is 0 Å². The number of pyridine rings is 1. The molecule has 78 valence electrons. The third-order valence-corrected chi connectivity index (χ3v) is 2.40. The molecule has 1 heterocycles. The average molecular weight is 200 g/mol. The molecule has 1 aromatic carbocycles. The summed E-state index contributed by atoms with van der Waals surface area (Å²) in [5, 5.41) is 2.44. The van der Waals surface area contributed by atoms with Gasteiger partial charge in [0.1, 0.15) is 0 Å². The van der Waals surface area contributed by atoms with Gasteiger partial charge in [0.25, 0.3) is 0 Å². The van der Waals surface area contributed by atoms with Crippen LogP contribution in [0.4, 0.5) is 0 Å². The Kier molecular flexibility index (Phi) is 2.45. The summed E-state index contributed by atoms with van der Waals surface area (Å²) in [5.74, 6) is 0. The molecule has 0 bridgehead atoms. The van der Waals surface area contributed by atoms with Crippen LogP contribution in [0.2, 0.25) is 0 Å². The highest BCUT2D eigenvalue weighted by Gasteiger charge is 2.13. The number of rotatable bonds is 2. The number of nitrogens with two attached hydrogens (primary N) is 1. The van der Waals surface area contributed by atoms with E-state index in [4.69, 9.17) is 5.73 Å². The Bertz CT molecular complexity index is 464. The second kappa shape index (κ2) is 3.63. The monoisotopic (exact) mass is 200 g/mol. The molecule has 0 saturated heterocycles. The second-order valence-electron chi connectivity index (χ2n) is 4.69. The first kappa shape index (κ1) is 10.1. The number of fused-ring (bicyclic) bond motifs is 1. The van der Waals surface area contributed by atoms with Crippen molar-refractivity contribution >= 4 is 10.8 Å². The lowest BCUT2D eigenvalue weighted by atomic mass is 9.94. The normalized spacial score (nSPS) is 11.9. The molecule has 15 heavy (non-hydrogen) atoms. The van der Waals surface area contributed by atoms with Crippen molar-refractivity contribution in [1.82, 2.24) is 4.98 Å². The minimum Gasteiger partial charge on any atom is -0.325 e. The molecule has 0 aliphatic heterocycles. The summed E-state index contributed by atoms with van der Waals surface area (Å²) in [5.41, 5.74) is 7.06. The zero-order valence-electron chi connectivity index (χ0n) is 9.20. The Labute approximate surface area is 90.1 Å². The third-order valence-electron chi connectivity index (χ3n) is 2.40. The summed E-state index contributed by atoms with van der Waals surface area (Å²) in [4.78, 5) is 4.24. The molecule has 0 atom stereocenters. The minimum absolute atomic E-state index is 0.189. The predicted octanol–water partition coefficient (Wildman–Crippen LogP) is 2.51. The molecule has 0 spiro atoms.